The molecule has 0 bridgehead atoms. The number of nitrogen functional groups attached to an aromatic ring is 1. The van der Waals surface area contributed by atoms with Crippen molar-refractivity contribution in [3.63, 3.8) is 0 Å². The van der Waals surface area contributed by atoms with Crippen molar-refractivity contribution >= 4 is 76.8 Å². The first-order chi connectivity index (χ1) is 33.9. The van der Waals surface area contributed by atoms with Crippen molar-refractivity contribution in [3.8, 4) is 0 Å². The third-order valence-electron chi connectivity index (χ3n) is 10.7. The number of aromatic nitrogens is 4. The highest BCUT2D eigenvalue weighted by Gasteiger charge is 2.50. The molecule has 31 heteroatoms. The van der Waals surface area contributed by atoms with Crippen LogP contribution in [-0.4, -0.2) is 130 Å². The highest BCUT2D eigenvalue weighted by atomic mass is 32.1. The van der Waals surface area contributed by atoms with E-state index in [0.717, 1.165) is 55.7 Å². The van der Waals surface area contributed by atoms with E-state index >= 15 is 0 Å². The normalized spacial score (nSPS) is 19.1. The van der Waals surface area contributed by atoms with Crippen LogP contribution in [0.5, 0.6) is 0 Å². The summed E-state index contributed by atoms with van der Waals surface area (Å²) in [5.41, 5.74) is 4.30. The van der Waals surface area contributed by atoms with Crippen LogP contribution in [0.3, 0.4) is 0 Å². The Bertz CT molecular complexity index is 2090. The Labute approximate surface area is 424 Å². The molecule has 2 unspecified atom stereocenters. The third kappa shape index (κ3) is 25.4. The van der Waals surface area contributed by atoms with Gasteiger partial charge in [-0.05, 0) is 12.8 Å². The average Bonchev–Trinajstić information content (AvgIpc) is 3.87. The summed E-state index contributed by atoms with van der Waals surface area (Å²) < 4.78 is 61.7. The number of anilines is 1. The van der Waals surface area contributed by atoms with Crippen LogP contribution in [0.2, 0.25) is 0 Å². The number of aliphatic hydroxyl groups is 2. The van der Waals surface area contributed by atoms with Crippen LogP contribution in [0.1, 0.15) is 143 Å². The maximum atomic E-state index is 12.6. The van der Waals surface area contributed by atoms with Crippen molar-refractivity contribution in [2.75, 3.05) is 37.8 Å². The number of nitrogens with zero attached hydrogens (tertiary/aromatic N) is 4. The smallest absolute Gasteiger partial charge is 0.386 e. The lowest BCUT2D eigenvalue weighted by molar-refractivity contribution is -0.259. The van der Waals surface area contributed by atoms with Gasteiger partial charge >= 0.3 is 35.4 Å². The van der Waals surface area contributed by atoms with Gasteiger partial charge < -0.3 is 50.9 Å². The van der Waals surface area contributed by atoms with Crippen molar-refractivity contribution < 1.29 is 95.1 Å². The molecule has 2 amide bonds. The molecule has 3 heterocycles. The molecule has 0 radical (unpaired) electrons. The quantitative estimate of drug-likeness (QED) is 0.0150. The third-order valence-corrected chi connectivity index (χ3v) is 14.0. The Hall–Kier alpha value is -3.17. The van der Waals surface area contributed by atoms with Gasteiger partial charge in [-0.1, -0.05) is 105 Å². The summed E-state index contributed by atoms with van der Waals surface area (Å²) in [5, 5.41) is 26.1. The molecule has 1 fully saturated rings. The summed E-state index contributed by atoms with van der Waals surface area (Å²) in [6.07, 6.45) is 10.0. The SMILES string of the molecule is CC(C)(COP(=O)(O)OP(=O)(O)OC[C@H]1O[C@@H](n2cnc3c(N)ncnc32)[C@H](O)[C@@H]1OP(=O)(O)O)[C@@H](O)C(=O)NCCC(=O)NCCS.CCCCCCCCCC(=O)OOC(=O)CCCCCCCCC. The number of carbonyl (C=O) groups is 4. The molecule has 1 saturated heterocycles. The van der Waals surface area contributed by atoms with Gasteiger partial charge in [-0.3, -0.25) is 27.7 Å². The second-order valence-electron chi connectivity index (χ2n) is 17.4. The van der Waals surface area contributed by atoms with Crippen molar-refractivity contribution in [2.24, 2.45) is 5.41 Å². The van der Waals surface area contributed by atoms with Crippen molar-refractivity contribution in [1.29, 1.82) is 0 Å². The van der Waals surface area contributed by atoms with E-state index in [-0.39, 0.29) is 35.9 Å². The number of unbranched alkanes of at least 4 members (excludes halogenated alkanes) is 12. The molecule has 1 aliphatic rings. The zero-order valence-electron chi connectivity index (χ0n) is 41.2. The van der Waals surface area contributed by atoms with Gasteiger partial charge in [0.15, 0.2) is 17.7 Å². The van der Waals surface area contributed by atoms with Gasteiger partial charge in [0, 0.05) is 30.7 Å². The van der Waals surface area contributed by atoms with Crippen LogP contribution < -0.4 is 16.4 Å². The van der Waals surface area contributed by atoms with E-state index in [4.69, 9.17) is 19.5 Å². The van der Waals surface area contributed by atoms with Crippen molar-refractivity contribution in [1.82, 2.24) is 30.2 Å². The summed E-state index contributed by atoms with van der Waals surface area (Å²) >= 11 is 3.95. The first-order valence-corrected chi connectivity index (χ1v) is 28.9. The fraction of sp³-hybridized carbons (Fsp3) is 0.780. The van der Waals surface area contributed by atoms with Gasteiger partial charge in [0.25, 0.3) is 0 Å². The average molecular weight is 1110 g/mol. The minimum absolute atomic E-state index is 0.0363. The van der Waals surface area contributed by atoms with E-state index in [0.29, 0.717) is 25.1 Å². The minimum Gasteiger partial charge on any atom is -0.386 e. The first kappa shape index (κ1) is 64.9. The van der Waals surface area contributed by atoms with Gasteiger partial charge in [0.05, 0.1) is 32.4 Å². The Kier molecular flexibility index (Phi) is 29.8. The number of hydrogen-bond donors (Lipinski definition) is 10. The summed E-state index contributed by atoms with van der Waals surface area (Å²) in [7, 11) is -16.3. The number of ether oxygens (including phenoxy) is 1. The highest BCUT2D eigenvalue weighted by Crippen LogP contribution is 2.61. The summed E-state index contributed by atoms with van der Waals surface area (Å²) in [4.78, 5) is 107. The standard InChI is InChI=1S/C21H36N7O16P3S.C20H38O4/c1-21(2,16(31)19(32)24-4-3-12(29)23-5-6-48)8-41-47(38,39)44-46(36,37)40-7-11-15(43-45(33,34)35)14(30)20(42-11)28-10-27-13-17(22)25-9-26-18(13)28;1-3-5-7-9-11-13-15-17-19(21)23-24-20(22)18-16-14-12-10-8-6-4-2/h9-11,14-16,20,30-31,48H,3-8H2,1-2H3,(H,23,29)(H,24,32)(H,36,37)(H,38,39)(H2,22,25,26)(H2,33,34,35);3-18H2,1-2H3/t11-,14-,15-,16+,20-;/m1./s1. The fourth-order valence-corrected chi connectivity index (χ4v) is 9.71. The maximum Gasteiger partial charge on any atom is 0.481 e. The number of phosphoric acid groups is 3. The molecule has 3 rings (SSSR count). The number of aliphatic hydroxyl groups excluding tert-OH is 2. The molecule has 2 aromatic heterocycles. The van der Waals surface area contributed by atoms with Gasteiger partial charge in [0.1, 0.15) is 36.3 Å². The van der Waals surface area contributed by atoms with E-state index in [1.807, 2.05) is 0 Å². The molecular formula is C41H74N7O20P3S. The molecule has 10 N–H and O–H groups in total. The molecule has 0 saturated carbocycles. The maximum absolute atomic E-state index is 12.6. The molecule has 414 valence electrons. The Balaban J connectivity index is 0.000000624. The van der Waals surface area contributed by atoms with Crippen LogP contribution in [0, 0.1) is 5.41 Å². The predicted molar refractivity (Wildman–Crippen MR) is 261 cm³/mol. The number of rotatable bonds is 34. The van der Waals surface area contributed by atoms with Gasteiger partial charge in [0.2, 0.25) is 11.8 Å². The van der Waals surface area contributed by atoms with Crippen LogP contribution in [0.25, 0.3) is 11.2 Å². The van der Waals surface area contributed by atoms with Crippen molar-refractivity contribution in [3.05, 3.63) is 12.7 Å². The Morgan fingerprint density at radius 2 is 1.35 bits per heavy atom. The first-order valence-electron chi connectivity index (χ1n) is 23.8. The van der Waals surface area contributed by atoms with E-state index in [9.17, 15) is 62.7 Å². The van der Waals surface area contributed by atoms with Crippen molar-refractivity contribution in [2.45, 2.75) is 167 Å². The number of fused-ring (bicyclic) bond motifs is 1. The lowest BCUT2D eigenvalue weighted by atomic mass is 9.87. The summed E-state index contributed by atoms with van der Waals surface area (Å²) in [6.45, 7) is 5.12. The van der Waals surface area contributed by atoms with E-state index in [2.05, 4.69) is 70.7 Å². The predicted octanol–water partition coefficient (Wildman–Crippen LogP) is 4.60. The van der Waals surface area contributed by atoms with E-state index in [1.54, 1.807) is 0 Å². The fourth-order valence-electron chi connectivity index (χ4n) is 6.76. The molecule has 2 aromatic rings. The number of amides is 2. The minimum atomic E-state index is -5.54. The lowest BCUT2D eigenvalue weighted by Crippen LogP contribution is -2.46. The number of nitrogens with two attached hydrogens (primary N) is 1. The Morgan fingerprint density at radius 3 is 1.89 bits per heavy atom. The molecular weight excluding hydrogens is 1040 g/mol. The number of carbonyl (C=O) groups excluding carboxylic acids is 4. The summed E-state index contributed by atoms with van der Waals surface area (Å²) in [6, 6.07) is 0. The second-order valence-corrected chi connectivity index (χ2v) is 22.1. The topological polar surface area (TPSA) is 399 Å². The molecule has 0 spiro atoms. The van der Waals surface area contributed by atoms with Crippen LogP contribution >= 0.6 is 36.1 Å². The number of nitrogens with one attached hydrogen (secondary N) is 2. The number of phosphoric ester groups is 3. The van der Waals surface area contributed by atoms with Gasteiger partial charge in [-0.15, -0.1) is 0 Å². The molecule has 72 heavy (non-hydrogen) atoms. The number of hydrogen-bond acceptors (Lipinski definition) is 21. The highest BCUT2D eigenvalue weighted by molar-refractivity contribution is 7.80. The van der Waals surface area contributed by atoms with Crippen LogP contribution in [0.15, 0.2) is 12.7 Å². The monoisotopic (exact) mass is 1110 g/mol. The zero-order valence-corrected chi connectivity index (χ0v) is 44.7. The molecule has 0 aliphatic carbocycles. The molecule has 27 nitrogen and oxygen atoms in total. The largest absolute Gasteiger partial charge is 0.481 e. The second kappa shape index (κ2) is 33.0. The number of imidazole rings is 1. The summed E-state index contributed by atoms with van der Waals surface area (Å²) in [5.74, 6) is -1.81. The van der Waals surface area contributed by atoms with Gasteiger partial charge in [-0.25, -0.2) is 48.0 Å². The lowest BCUT2D eigenvalue weighted by Gasteiger charge is -2.30. The van der Waals surface area contributed by atoms with E-state index in [1.165, 1.54) is 65.2 Å². The van der Waals surface area contributed by atoms with E-state index < -0.39 is 90.6 Å². The van der Waals surface area contributed by atoms with Crippen LogP contribution in [-0.2, 0) is 65.3 Å². The van der Waals surface area contributed by atoms with Gasteiger partial charge in [-0.2, -0.15) is 16.9 Å². The molecule has 1 aliphatic heterocycles. The Morgan fingerprint density at radius 1 is 0.806 bits per heavy atom. The van der Waals surface area contributed by atoms with Crippen LogP contribution in [0.4, 0.5) is 5.82 Å². The molecule has 7 atom stereocenters. The zero-order chi connectivity index (χ0) is 54.0. The molecule has 0 aromatic carbocycles. The number of thiol groups is 1.